The van der Waals surface area contributed by atoms with Gasteiger partial charge in [0.2, 0.25) is 11.8 Å². The minimum Gasteiger partial charge on any atom is -0.311 e. The summed E-state index contributed by atoms with van der Waals surface area (Å²) in [5.41, 5.74) is 3.87. The van der Waals surface area contributed by atoms with Crippen molar-refractivity contribution in [3.05, 3.63) is 65.5 Å². The van der Waals surface area contributed by atoms with Crippen LogP contribution in [-0.2, 0) is 16.0 Å². The molecule has 0 aliphatic carbocycles. The van der Waals surface area contributed by atoms with E-state index in [1.165, 1.54) is 11.3 Å². The van der Waals surface area contributed by atoms with Crippen molar-refractivity contribution in [2.24, 2.45) is 5.92 Å². The van der Waals surface area contributed by atoms with Gasteiger partial charge in [0.1, 0.15) is 0 Å². The van der Waals surface area contributed by atoms with Gasteiger partial charge in [-0.05, 0) is 18.1 Å². The highest BCUT2D eigenvalue weighted by atomic mass is 32.1. The largest absolute Gasteiger partial charge is 0.311 e. The third-order valence-electron chi connectivity index (χ3n) is 4.96. The van der Waals surface area contributed by atoms with Crippen LogP contribution in [0.15, 0.2) is 60.0 Å². The molecule has 142 valence electrons. The molecule has 1 aliphatic rings. The molecule has 2 amide bonds. The van der Waals surface area contributed by atoms with E-state index < -0.39 is 0 Å². The lowest BCUT2D eigenvalue weighted by molar-refractivity contribution is -0.122. The number of benzene rings is 2. The summed E-state index contributed by atoms with van der Waals surface area (Å²) in [7, 11) is 0. The fourth-order valence-electron chi connectivity index (χ4n) is 3.47. The van der Waals surface area contributed by atoms with Crippen LogP contribution in [0.1, 0.15) is 18.9 Å². The predicted molar refractivity (Wildman–Crippen MR) is 112 cm³/mol. The van der Waals surface area contributed by atoms with Gasteiger partial charge in [-0.15, -0.1) is 11.3 Å². The third-order valence-corrected chi connectivity index (χ3v) is 5.72. The van der Waals surface area contributed by atoms with E-state index in [0.717, 1.165) is 28.9 Å². The van der Waals surface area contributed by atoms with Crippen LogP contribution in [0.3, 0.4) is 0 Å². The average Bonchev–Trinajstić information content (AvgIpc) is 3.35. The Bertz CT molecular complexity index is 1000. The van der Waals surface area contributed by atoms with Gasteiger partial charge in [0.15, 0.2) is 5.13 Å². The molecular formula is C22H21N3O2S. The second-order valence-electron chi connectivity index (χ2n) is 6.78. The molecule has 4 rings (SSSR count). The number of thiazole rings is 1. The number of rotatable bonds is 5. The topological polar surface area (TPSA) is 62.3 Å². The first-order valence-electron chi connectivity index (χ1n) is 9.35. The van der Waals surface area contributed by atoms with Crippen LogP contribution < -0.4 is 10.2 Å². The first-order valence-corrected chi connectivity index (χ1v) is 10.2. The van der Waals surface area contributed by atoms with E-state index >= 15 is 0 Å². The van der Waals surface area contributed by atoms with Crippen molar-refractivity contribution in [3.63, 3.8) is 0 Å². The number of anilines is 2. The Morgan fingerprint density at radius 1 is 1.18 bits per heavy atom. The van der Waals surface area contributed by atoms with Gasteiger partial charge < -0.3 is 10.2 Å². The molecule has 1 aliphatic heterocycles. The third kappa shape index (κ3) is 3.68. The number of amides is 2. The second-order valence-corrected chi connectivity index (χ2v) is 7.64. The number of aryl methyl sites for hydroxylation is 1. The molecule has 5 nitrogen and oxygen atoms in total. The zero-order chi connectivity index (χ0) is 19.5. The minimum absolute atomic E-state index is 0.00911. The Balaban J connectivity index is 1.45. The Kier molecular flexibility index (Phi) is 5.21. The number of para-hydroxylation sites is 1. The van der Waals surface area contributed by atoms with Gasteiger partial charge in [-0.1, -0.05) is 55.5 Å². The molecule has 0 radical (unpaired) electrons. The summed E-state index contributed by atoms with van der Waals surface area (Å²) < 4.78 is 0. The number of nitrogens with zero attached hydrogens (tertiary/aromatic N) is 2. The summed E-state index contributed by atoms with van der Waals surface area (Å²) >= 11 is 1.39. The molecule has 1 atom stereocenters. The second kappa shape index (κ2) is 7.94. The lowest BCUT2D eigenvalue weighted by Gasteiger charge is -2.19. The molecule has 1 N–H and O–H groups in total. The van der Waals surface area contributed by atoms with Gasteiger partial charge >= 0.3 is 0 Å². The highest BCUT2D eigenvalue weighted by Crippen LogP contribution is 2.30. The van der Waals surface area contributed by atoms with E-state index in [2.05, 4.69) is 17.2 Å². The smallest absolute Gasteiger partial charge is 0.231 e. The van der Waals surface area contributed by atoms with Gasteiger partial charge in [0.05, 0.1) is 11.6 Å². The first kappa shape index (κ1) is 18.4. The van der Waals surface area contributed by atoms with Crippen molar-refractivity contribution in [1.82, 2.24) is 4.98 Å². The van der Waals surface area contributed by atoms with Gasteiger partial charge in [0.25, 0.3) is 0 Å². The molecule has 3 aromatic rings. The van der Waals surface area contributed by atoms with Crippen molar-refractivity contribution in [2.45, 2.75) is 19.8 Å². The van der Waals surface area contributed by atoms with E-state index in [0.29, 0.717) is 11.7 Å². The summed E-state index contributed by atoms with van der Waals surface area (Å²) in [6.45, 7) is 2.47. The SMILES string of the molecule is CCc1ccccc1N1CC(C(=O)Nc2nc(-c3ccccc3)cs2)CC1=O. The summed E-state index contributed by atoms with van der Waals surface area (Å²) in [5, 5.41) is 5.37. The summed E-state index contributed by atoms with van der Waals surface area (Å²) in [6.07, 6.45) is 1.07. The van der Waals surface area contributed by atoms with E-state index in [1.54, 1.807) is 4.90 Å². The fourth-order valence-corrected chi connectivity index (χ4v) is 4.19. The maximum absolute atomic E-state index is 12.7. The number of aromatic nitrogens is 1. The van der Waals surface area contributed by atoms with Crippen molar-refractivity contribution in [2.75, 3.05) is 16.8 Å². The minimum atomic E-state index is -0.374. The van der Waals surface area contributed by atoms with Crippen molar-refractivity contribution >= 4 is 34.0 Å². The van der Waals surface area contributed by atoms with Crippen LogP contribution >= 0.6 is 11.3 Å². The Hall–Kier alpha value is -2.99. The molecule has 2 aromatic carbocycles. The molecule has 2 heterocycles. The number of hydrogen-bond acceptors (Lipinski definition) is 4. The molecule has 1 saturated heterocycles. The Morgan fingerprint density at radius 3 is 2.71 bits per heavy atom. The molecular weight excluding hydrogens is 370 g/mol. The highest BCUT2D eigenvalue weighted by molar-refractivity contribution is 7.14. The van der Waals surface area contributed by atoms with E-state index in [9.17, 15) is 9.59 Å². The van der Waals surface area contributed by atoms with Crippen LogP contribution in [0.25, 0.3) is 11.3 Å². The maximum Gasteiger partial charge on any atom is 0.231 e. The normalized spacial score (nSPS) is 16.4. The zero-order valence-electron chi connectivity index (χ0n) is 15.6. The summed E-state index contributed by atoms with van der Waals surface area (Å²) in [5.74, 6) is -0.537. The van der Waals surface area contributed by atoms with Crippen LogP contribution in [-0.4, -0.2) is 23.3 Å². The van der Waals surface area contributed by atoms with Crippen LogP contribution in [0.4, 0.5) is 10.8 Å². The van der Waals surface area contributed by atoms with Crippen LogP contribution in [0.2, 0.25) is 0 Å². The summed E-state index contributed by atoms with van der Waals surface area (Å²) in [6, 6.07) is 17.7. The quantitative estimate of drug-likeness (QED) is 0.703. The van der Waals surface area contributed by atoms with E-state index in [-0.39, 0.29) is 24.2 Å². The molecule has 0 spiro atoms. The van der Waals surface area contributed by atoms with Gasteiger partial charge in [-0.3, -0.25) is 9.59 Å². The van der Waals surface area contributed by atoms with E-state index in [4.69, 9.17) is 0 Å². The van der Waals surface area contributed by atoms with Gasteiger partial charge in [-0.25, -0.2) is 4.98 Å². The standard InChI is InChI=1S/C22H21N3O2S/c1-2-15-8-6-7-11-19(15)25-13-17(12-20(25)26)21(27)24-22-23-18(14-28-22)16-9-4-3-5-10-16/h3-11,14,17H,2,12-13H2,1H3,(H,23,24,27). The van der Waals surface area contributed by atoms with Crippen molar-refractivity contribution in [1.29, 1.82) is 0 Å². The van der Waals surface area contributed by atoms with Gasteiger partial charge in [0, 0.05) is 29.6 Å². The lowest BCUT2D eigenvalue weighted by atomic mass is 10.1. The molecule has 0 bridgehead atoms. The molecule has 6 heteroatoms. The number of carbonyl (C=O) groups excluding carboxylic acids is 2. The maximum atomic E-state index is 12.7. The van der Waals surface area contributed by atoms with Gasteiger partial charge in [-0.2, -0.15) is 0 Å². The predicted octanol–water partition coefficient (Wildman–Crippen LogP) is 4.36. The molecule has 1 unspecified atom stereocenters. The lowest BCUT2D eigenvalue weighted by Crippen LogP contribution is -2.28. The fraction of sp³-hybridized carbons (Fsp3) is 0.227. The van der Waals surface area contributed by atoms with Crippen LogP contribution in [0.5, 0.6) is 0 Å². The van der Waals surface area contributed by atoms with E-state index in [1.807, 2.05) is 60.0 Å². The zero-order valence-corrected chi connectivity index (χ0v) is 16.4. The highest BCUT2D eigenvalue weighted by Gasteiger charge is 2.36. The first-order chi connectivity index (χ1) is 13.7. The number of carbonyl (C=O) groups is 2. The van der Waals surface area contributed by atoms with Crippen molar-refractivity contribution in [3.8, 4) is 11.3 Å². The van der Waals surface area contributed by atoms with Crippen molar-refractivity contribution < 1.29 is 9.59 Å². The molecule has 28 heavy (non-hydrogen) atoms. The molecule has 1 fully saturated rings. The number of hydrogen-bond donors (Lipinski definition) is 1. The Morgan fingerprint density at radius 2 is 1.93 bits per heavy atom. The van der Waals surface area contributed by atoms with Crippen LogP contribution in [0, 0.1) is 5.92 Å². The average molecular weight is 391 g/mol. The molecule has 0 saturated carbocycles. The number of nitrogens with one attached hydrogen (secondary N) is 1. The molecule has 1 aromatic heterocycles. The summed E-state index contributed by atoms with van der Waals surface area (Å²) in [4.78, 5) is 31.5. The Labute approximate surface area is 168 Å². The monoisotopic (exact) mass is 391 g/mol.